The zero-order valence-corrected chi connectivity index (χ0v) is 10.00. The zero-order chi connectivity index (χ0) is 11.0. The van der Waals surface area contributed by atoms with Gasteiger partial charge in [-0.2, -0.15) is 0 Å². The van der Waals surface area contributed by atoms with Crippen LogP contribution in [-0.2, 0) is 13.6 Å². The van der Waals surface area contributed by atoms with E-state index in [4.69, 9.17) is 0 Å². The zero-order valence-electron chi connectivity index (χ0n) is 9.18. The maximum absolute atomic E-state index is 4.44. The van der Waals surface area contributed by atoms with Crippen LogP contribution in [0.2, 0.25) is 0 Å². The van der Waals surface area contributed by atoms with Crippen LogP contribution in [0.5, 0.6) is 0 Å². The Labute approximate surface area is 98.4 Å². The van der Waals surface area contributed by atoms with Gasteiger partial charge < -0.3 is 9.88 Å². The van der Waals surface area contributed by atoms with Gasteiger partial charge in [-0.05, 0) is 12.8 Å². The van der Waals surface area contributed by atoms with E-state index in [2.05, 4.69) is 15.3 Å². The minimum atomic E-state index is 0.752. The Bertz CT molecular complexity index is 484. The first-order valence-corrected chi connectivity index (χ1v) is 6.29. The number of nitrogens with one attached hydrogen (secondary N) is 1. The molecule has 1 aliphatic carbocycles. The van der Waals surface area contributed by atoms with Crippen LogP contribution < -0.4 is 5.32 Å². The van der Waals surface area contributed by atoms with Gasteiger partial charge in [-0.3, -0.25) is 0 Å². The molecule has 2 aromatic rings. The fourth-order valence-electron chi connectivity index (χ4n) is 1.60. The Morgan fingerprint density at radius 2 is 2.38 bits per heavy atom. The molecule has 3 rings (SSSR count). The second-order valence-electron chi connectivity index (χ2n) is 4.18. The summed E-state index contributed by atoms with van der Waals surface area (Å²) in [6.45, 7) is 0.945. The molecular weight excluding hydrogens is 220 g/mol. The summed E-state index contributed by atoms with van der Waals surface area (Å²) in [7, 11) is 1.99. The molecule has 4 nitrogen and oxygen atoms in total. The highest BCUT2D eigenvalue weighted by atomic mass is 32.1. The predicted octanol–water partition coefficient (Wildman–Crippen LogP) is 1.80. The van der Waals surface area contributed by atoms with E-state index in [0.717, 1.165) is 23.3 Å². The van der Waals surface area contributed by atoms with Crippen molar-refractivity contribution in [2.24, 2.45) is 7.05 Å². The number of rotatable bonds is 4. The molecule has 5 heteroatoms. The molecule has 16 heavy (non-hydrogen) atoms. The van der Waals surface area contributed by atoms with E-state index in [-0.39, 0.29) is 0 Å². The lowest BCUT2D eigenvalue weighted by Crippen LogP contribution is -2.14. The summed E-state index contributed by atoms with van der Waals surface area (Å²) in [6, 6.07) is 0.752. The molecule has 0 radical (unpaired) electrons. The second kappa shape index (κ2) is 3.99. The van der Waals surface area contributed by atoms with Gasteiger partial charge in [-0.1, -0.05) is 0 Å². The molecule has 84 valence electrons. The Morgan fingerprint density at radius 1 is 1.50 bits per heavy atom. The van der Waals surface area contributed by atoms with Crippen molar-refractivity contribution in [3.63, 3.8) is 0 Å². The van der Waals surface area contributed by atoms with E-state index in [1.165, 1.54) is 17.7 Å². The van der Waals surface area contributed by atoms with Gasteiger partial charge in [-0.15, -0.1) is 11.3 Å². The van der Waals surface area contributed by atoms with Crippen molar-refractivity contribution in [1.82, 2.24) is 19.9 Å². The molecule has 0 amide bonds. The molecule has 0 atom stereocenters. The van der Waals surface area contributed by atoms with Gasteiger partial charge in [0.2, 0.25) is 0 Å². The highest BCUT2D eigenvalue weighted by Gasteiger charge is 2.20. The number of hydrogen-bond acceptors (Lipinski definition) is 4. The normalized spacial score (nSPS) is 15.6. The standard InChI is InChI=1S/C11H14N4S/c1-15-7-12-6-10(15)11-14-5-9(16-11)4-13-8-2-3-8/h5-8,13H,2-4H2,1H3. The largest absolute Gasteiger partial charge is 0.332 e. The molecule has 2 aromatic heterocycles. The van der Waals surface area contributed by atoms with Gasteiger partial charge in [0, 0.05) is 30.7 Å². The van der Waals surface area contributed by atoms with Gasteiger partial charge in [0.15, 0.2) is 0 Å². The first-order chi connectivity index (χ1) is 7.83. The van der Waals surface area contributed by atoms with Crippen LogP contribution >= 0.6 is 11.3 Å². The molecular formula is C11H14N4S. The summed E-state index contributed by atoms with van der Waals surface area (Å²) in [6.07, 6.45) is 8.28. The lowest BCUT2D eigenvalue weighted by molar-refractivity contribution is 0.694. The molecule has 1 fully saturated rings. The van der Waals surface area contributed by atoms with Crippen LogP contribution in [0.15, 0.2) is 18.7 Å². The van der Waals surface area contributed by atoms with Crippen molar-refractivity contribution in [3.05, 3.63) is 23.6 Å². The van der Waals surface area contributed by atoms with Gasteiger partial charge >= 0.3 is 0 Å². The van der Waals surface area contributed by atoms with E-state index in [1.807, 2.05) is 24.0 Å². The highest BCUT2D eigenvalue weighted by Crippen LogP contribution is 2.25. The SMILES string of the molecule is Cn1cncc1-c1ncc(CNC2CC2)s1. The number of hydrogen-bond donors (Lipinski definition) is 1. The van der Waals surface area contributed by atoms with Crippen molar-refractivity contribution in [1.29, 1.82) is 0 Å². The third-order valence-electron chi connectivity index (χ3n) is 2.73. The third-order valence-corrected chi connectivity index (χ3v) is 3.75. The summed E-state index contributed by atoms with van der Waals surface area (Å²) >= 11 is 1.74. The summed E-state index contributed by atoms with van der Waals surface area (Å²) in [5, 5.41) is 4.54. The summed E-state index contributed by atoms with van der Waals surface area (Å²) in [5.74, 6) is 0. The van der Waals surface area contributed by atoms with E-state index in [0.29, 0.717) is 0 Å². The van der Waals surface area contributed by atoms with Gasteiger partial charge in [0.25, 0.3) is 0 Å². The molecule has 1 saturated carbocycles. The van der Waals surface area contributed by atoms with E-state index in [9.17, 15) is 0 Å². The molecule has 1 aliphatic rings. The summed E-state index contributed by atoms with van der Waals surface area (Å²) in [4.78, 5) is 9.84. The number of nitrogens with zero attached hydrogens (tertiary/aromatic N) is 3. The summed E-state index contributed by atoms with van der Waals surface area (Å²) in [5.41, 5.74) is 1.09. The fourth-order valence-corrected chi connectivity index (χ4v) is 2.52. The van der Waals surface area contributed by atoms with E-state index >= 15 is 0 Å². The van der Waals surface area contributed by atoms with Gasteiger partial charge in [-0.25, -0.2) is 9.97 Å². The molecule has 0 aromatic carbocycles. The minimum Gasteiger partial charge on any atom is -0.332 e. The maximum atomic E-state index is 4.44. The van der Waals surface area contributed by atoms with Crippen molar-refractivity contribution in [2.45, 2.75) is 25.4 Å². The second-order valence-corrected chi connectivity index (χ2v) is 5.29. The Balaban J connectivity index is 1.74. The lowest BCUT2D eigenvalue weighted by Gasteiger charge is -1.97. The summed E-state index contributed by atoms with van der Waals surface area (Å²) < 4.78 is 2.00. The number of aromatic nitrogens is 3. The Hall–Kier alpha value is -1.20. The molecule has 0 aliphatic heterocycles. The average molecular weight is 234 g/mol. The predicted molar refractivity (Wildman–Crippen MR) is 64.2 cm³/mol. The minimum absolute atomic E-state index is 0.752. The first kappa shape index (κ1) is 9.99. The molecule has 0 bridgehead atoms. The topological polar surface area (TPSA) is 42.7 Å². The quantitative estimate of drug-likeness (QED) is 0.877. The highest BCUT2D eigenvalue weighted by molar-refractivity contribution is 7.15. The molecule has 0 saturated heterocycles. The van der Waals surface area contributed by atoms with E-state index < -0.39 is 0 Å². The van der Waals surface area contributed by atoms with Crippen molar-refractivity contribution in [2.75, 3.05) is 0 Å². The first-order valence-electron chi connectivity index (χ1n) is 5.48. The molecule has 0 spiro atoms. The van der Waals surface area contributed by atoms with Crippen LogP contribution in [0.1, 0.15) is 17.7 Å². The average Bonchev–Trinajstić information content (AvgIpc) is 2.82. The van der Waals surface area contributed by atoms with Crippen LogP contribution in [0.4, 0.5) is 0 Å². The van der Waals surface area contributed by atoms with Gasteiger partial charge in [0.05, 0.1) is 18.2 Å². The van der Waals surface area contributed by atoms with E-state index in [1.54, 1.807) is 17.7 Å². The van der Waals surface area contributed by atoms with Crippen LogP contribution in [0.25, 0.3) is 10.7 Å². The fraction of sp³-hybridized carbons (Fsp3) is 0.455. The molecule has 1 N–H and O–H groups in total. The van der Waals surface area contributed by atoms with Crippen molar-refractivity contribution < 1.29 is 0 Å². The Kier molecular flexibility index (Phi) is 2.49. The maximum Gasteiger partial charge on any atom is 0.141 e. The van der Waals surface area contributed by atoms with Crippen molar-refractivity contribution >= 4 is 11.3 Å². The lowest BCUT2D eigenvalue weighted by atomic mass is 10.5. The third kappa shape index (κ3) is 2.01. The Morgan fingerprint density at radius 3 is 3.06 bits per heavy atom. The van der Waals surface area contributed by atoms with Crippen LogP contribution in [0, 0.1) is 0 Å². The number of imidazole rings is 1. The number of aryl methyl sites for hydroxylation is 1. The van der Waals surface area contributed by atoms with Crippen LogP contribution in [-0.4, -0.2) is 20.6 Å². The molecule has 0 unspecified atom stereocenters. The number of thiazole rings is 1. The smallest absolute Gasteiger partial charge is 0.141 e. The van der Waals surface area contributed by atoms with Crippen molar-refractivity contribution in [3.8, 4) is 10.7 Å². The monoisotopic (exact) mass is 234 g/mol. The van der Waals surface area contributed by atoms with Crippen LogP contribution in [0.3, 0.4) is 0 Å². The van der Waals surface area contributed by atoms with Gasteiger partial charge in [0.1, 0.15) is 5.01 Å². The molecule has 2 heterocycles.